The molecule has 1 aliphatic heterocycles. The maximum Gasteiger partial charge on any atom is 0.225 e. The van der Waals surface area contributed by atoms with Crippen molar-refractivity contribution in [1.29, 1.82) is 0 Å². The van der Waals surface area contributed by atoms with Crippen LogP contribution < -0.4 is 10.6 Å². The second-order valence-electron chi connectivity index (χ2n) is 6.52. The van der Waals surface area contributed by atoms with Gasteiger partial charge in [0, 0.05) is 62.2 Å². The Morgan fingerprint density at radius 2 is 1.96 bits per heavy atom. The van der Waals surface area contributed by atoms with Crippen LogP contribution in [0.2, 0.25) is 0 Å². The van der Waals surface area contributed by atoms with Crippen LogP contribution in [0.1, 0.15) is 5.56 Å². The minimum atomic E-state index is -0.238. The highest BCUT2D eigenvalue weighted by Crippen LogP contribution is 2.19. The van der Waals surface area contributed by atoms with Crippen molar-refractivity contribution in [3.05, 3.63) is 54.2 Å². The summed E-state index contributed by atoms with van der Waals surface area (Å²) in [5.74, 6) is 1.08. The molecule has 1 aromatic carbocycles. The van der Waals surface area contributed by atoms with Crippen molar-refractivity contribution in [1.82, 2.24) is 19.9 Å². The van der Waals surface area contributed by atoms with Gasteiger partial charge in [-0.05, 0) is 36.2 Å². The van der Waals surface area contributed by atoms with Crippen LogP contribution >= 0.6 is 0 Å². The minimum absolute atomic E-state index is 0.238. The molecule has 0 radical (unpaired) electrons. The Morgan fingerprint density at radius 3 is 2.74 bits per heavy atom. The molecule has 140 valence electrons. The third-order valence-electron chi connectivity index (χ3n) is 4.82. The van der Waals surface area contributed by atoms with Crippen molar-refractivity contribution in [2.75, 3.05) is 37.6 Å². The molecule has 3 heterocycles. The van der Waals surface area contributed by atoms with Gasteiger partial charge in [0.2, 0.25) is 5.95 Å². The zero-order chi connectivity index (χ0) is 18.6. The summed E-state index contributed by atoms with van der Waals surface area (Å²) in [5, 5.41) is 1.03. The number of aromatic amines is 1. The van der Waals surface area contributed by atoms with Gasteiger partial charge in [-0.25, -0.2) is 14.4 Å². The van der Waals surface area contributed by atoms with Crippen LogP contribution in [-0.4, -0.2) is 58.5 Å². The maximum absolute atomic E-state index is 13.3. The number of H-pyrrole nitrogens is 1. The molecule has 3 aromatic rings. The van der Waals surface area contributed by atoms with Crippen LogP contribution in [0, 0.1) is 5.82 Å². The lowest BCUT2D eigenvalue weighted by molar-refractivity contribution is 0.378. The Hall–Kier alpha value is -3.16. The Kier molecular flexibility index (Phi) is 4.86. The van der Waals surface area contributed by atoms with E-state index in [1.165, 1.54) is 12.1 Å². The van der Waals surface area contributed by atoms with E-state index in [1.54, 1.807) is 18.5 Å². The molecule has 0 saturated carbocycles. The normalized spacial score (nSPS) is 15.5. The Bertz CT molecular complexity index is 930. The lowest BCUT2D eigenvalue weighted by atomic mass is 10.1. The predicted octanol–water partition coefficient (Wildman–Crippen LogP) is 1.78. The second kappa shape index (κ2) is 7.61. The number of halogens is 1. The Morgan fingerprint density at radius 1 is 1.19 bits per heavy atom. The maximum atomic E-state index is 13.3. The molecule has 1 aliphatic rings. The summed E-state index contributed by atoms with van der Waals surface area (Å²) < 4.78 is 13.3. The van der Waals surface area contributed by atoms with Crippen molar-refractivity contribution in [3.63, 3.8) is 0 Å². The third kappa shape index (κ3) is 3.84. The van der Waals surface area contributed by atoms with Gasteiger partial charge >= 0.3 is 0 Å². The number of hydrogen-bond donors (Lipinski definition) is 2. The Labute approximate surface area is 156 Å². The largest absolute Gasteiger partial charge is 0.370 e. The van der Waals surface area contributed by atoms with Gasteiger partial charge in [0.05, 0.1) is 0 Å². The van der Waals surface area contributed by atoms with Crippen LogP contribution in [0.5, 0.6) is 0 Å². The van der Waals surface area contributed by atoms with Crippen LogP contribution in [0.15, 0.2) is 47.8 Å². The minimum Gasteiger partial charge on any atom is -0.370 e. The van der Waals surface area contributed by atoms with Crippen molar-refractivity contribution >= 4 is 22.8 Å². The van der Waals surface area contributed by atoms with Crippen molar-refractivity contribution < 1.29 is 4.39 Å². The van der Waals surface area contributed by atoms with E-state index in [2.05, 4.69) is 29.7 Å². The molecule has 1 saturated heterocycles. The zero-order valence-corrected chi connectivity index (χ0v) is 15.0. The number of nitrogens with two attached hydrogens (primary N) is 1. The highest BCUT2D eigenvalue weighted by molar-refractivity contribution is 5.83. The molecule has 0 unspecified atom stereocenters. The highest BCUT2D eigenvalue weighted by atomic mass is 19.1. The molecule has 4 rings (SSSR count). The average molecular weight is 367 g/mol. The number of benzene rings is 1. The van der Waals surface area contributed by atoms with Gasteiger partial charge in [-0.3, -0.25) is 4.99 Å². The topological polar surface area (TPSA) is 86.4 Å². The summed E-state index contributed by atoms with van der Waals surface area (Å²) in [6, 6.07) is 6.60. The van der Waals surface area contributed by atoms with Crippen LogP contribution in [-0.2, 0) is 6.42 Å². The van der Waals surface area contributed by atoms with E-state index >= 15 is 0 Å². The molecule has 0 atom stereocenters. The zero-order valence-electron chi connectivity index (χ0n) is 15.0. The first-order chi connectivity index (χ1) is 13.2. The van der Waals surface area contributed by atoms with Gasteiger partial charge < -0.3 is 20.5 Å². The summed E-state index contributed by atoms with van der Waals surface area (Å²) in [7, 11) is 0. The first kappa shape index (κ1) is 17.3. The van der Waals surface area contributed by atoms with E-state index in [0.29, 0.717) is 12.5 Å². The number of fused-ring (bicyclic) bond motifs is 1. The van der Waals surface area contributed by atoms with Crippen LogP contribution in [0.25, 0.3) is 10.9 Å². The SMILES string of the molecule is NC(=NCCc1c[nH]c2cc(F)ccc12)N1CCN(c2ncccn2)CC1. The molecular weight excluding hydrogens is 345 g/mol. The molecule has 2 aromatic heterocycles. The molecule has 0 spiro atoms. The number of hydrogen-bond acceptors (Lipinski definition) is 4. The van der Waals surface area contributed by atoms with E-state index in [4.69, 9.17) is 5.73 Å². The van der Waals surface area contributed by atoms with Gasteiger partial charge in [0.15, 0.2) is 5.96 Å². The highest BCUT2D eigenvalue weighted by Gasteiger charge is 2.19. The van der Waals surface area contributed by atoms with E-state index < -0.39 is 0 Å². The van der Waals surface area contributed by atoms with Gasteiger partial charge in [-0.2, -0.15) is 0 Å². The lowest BCUT2D eigenvalue weighted by Gasteiger charge is -2.35. The summed E-state index contributed by atoms with van der Waals surface area (Å²) in [5.41, 5.74) is 8.10. The smallest absolute Gasteiger partial charge is 0.225 e. The standard InChI is InChI=1S/C19H22FN7/c20-15-2-3-16-14(13-25-17(16)12-15)4-7-22-18(21)26-8-10-27(11-9-26)19-23-5-1-6-24-19/h1-3,5-6,12-13,25H,4,7-11H2,(H2,21,22). The van der Waals surface area contributed by atoms with Gasteiger partial charge in [-0.15, -0.1) is 0 Å². The monoisotopic (exact) mass is 367 g/mol. The summed E-state index contributed by atoms with van der Waals surface area (Å²) in [6.45, 7) is 3.81. The number of nitrogens with zero attached hydrogens (tertiary/aromatic N) is 5. The quantitative estimate of drug-likeness (QED) is 0.542. The van der Waals surface area contributed by atoms with E-state index in [-0.39, 0.29) is 5.82 Å². The predicted molar refractivity (Wildman–Crippen MR) is 104 cm³/mol. The van der Waals surface area contributed by atoms with Gasteiger partial charge in [-0.1, -0.05) is 0 Å². The van der Waals surface area contributed by atoms with Crippen molar-refractivity contribution in [2.24, 2.45) is 10.7 Å². The first-order valence-corrected chi connectivity index (χ1v) is 9.03. The number of guanidine groups is 1. The van der Waals surface area contributed by atoms with Crippen molar-refractivity contribution in [3.8, 4) is 0 Å². The Balaban J connectivity index is 1.32. The number of rotatable bonds is 4. The van der Waals surface area contributed by atoms with E-state index in [0.717, 1.165) is 55.0 Å². The number of aliphatic imine (C=N–C) groups is 1. The van der Waals surface area contributed by atoms with E-state index in [1.807, 2.05) is 12.3 Å². The van der Waals surface area contributed by atoms with Crippen LogP contribution in [0.3, 0.4) is 0 Å². The number of anilines is 1. The molecule has 3 N–H and O–H groups in total. The fraction of sp³-hybridized carbons (Fsp3) is 0.316. The molecular formula is C19H22FN7. The fourth-order valence-electron chi connectivity index (χ4n) is 3.35. The van der Waals surface area contributed by atoms with E-state index in [9.17, 15) is 4.39 Å². The summed E-state index contributed by atoms with van der Waals surface area (Å²) >= 11 is 0. The number of nitrogens with one attached hydrogen (secondary N) is 1. The van der Waals surface area contributed by atoms with Crippen molar-refractivity contribution in [2.45, 2.75) is 6.42 Å². The molecule has 0 aliphatic carbocycles. The fourth-order valence-corrected chi connectivity index (χ4v) is 3.35. The molecule has 27 heavy (non-hydrogen) atoms. The number of aromatic nitrogens is 3. The van der Waals surface area contributed by atoms with Crippen LogP contribution in [0.4, 0.5) is 10.3 Å². The van der Waals surface area contributed by atoms with Gasteiger partial charge in [0.1, 0.15) is 5.82 Å². The molecule has 1 fully saturated rings. The molecule has 0 bridgehead atoms. The lowest BCUT2D eigenvalue weighted by Crippen LogP contribution is -2.51. The first-order valence-electron chi connectivity index (χ1n) is 9.03. The second-order valence-corrected chi connectivity index (χ2v) is 6.52. The molecule has 8 heteroatoms. The average Bonchev–Trinajstić information content (AvgIpc) is 3.10. The molecule has 0 amide bonds. The van der Waals surface area contributed by atoms with Gasteiger partial charge in [0.25, 0.3) is 0 Å². The third-order valence-corrected chi connectivity index (χ3v) is 4.82. The molecule has 7 nitrogen and oxygen atoms in total. The summed E-state index contributed by atoms with van der Waals surface area (Å²) in [6.07, 6.45) is 6.17. The summed E-state index contributed by atoms with van der Waals surface area (Å²) in [4.78, 5) is 20.4. The number of piperazine rings is 1.